The highest BCUT2D eigenvalue weighted by Crippen LogP contribution is 2.77. The predicted octanol–water partition coefficient (Wildman–Crippen LogP) is 6.43. The van der Waals surface area contributed by atoms with Crippen molar-refractivity contribution in [3.63, 3.8) is 0 Å². The summed E-state index contributed by atoms with van der Waals surface area (Å²) in [6.45, 7) is 18.5. The Bertz CT molecular complexity index is 1210. The first-order valence-electron chi connectivity index (χ1n) is 16.7. The van der Waals surface area contributed by atoms with Gasteiger partial charge >= 0.3 is 11.9 Å². The van der Waals surface area contributed by atoms with Crippen LogP contribution in [0.2, 0.25) is 0 Å². The molecule has 0 aliphatic heterocycles. The average Bonchev–Trinajstić information content (AvgIpc) is 3.36. The molecule has 5 rings (SSSR count). The lowest BCUT2D eigenvalue weighted by Crippen LogP contribution is -2.67. The summed E-state index contributed by atoms with van der Waals surface area (Å²) in [6.07, 6.45) is 9.21. The molecule has 43 heavy (non-hydrogen) atoms. The molecule has 0 aromatic carbocycles. The Labute approximate surface area is 258 Å². The minimum Gasteiger partial charge on any atom is -0.469 e. The Kier molecular flexibility index (Phi) is 8.03. The maximum absolute atomic E-state index is 14.4. The third-order valence-electron chi connectivity index (χ3n) is 14.7. The smallest absolute Gasteiger partial charge is 0.328 e. The van der Waals surface area contributed by atoms with Gasteiger partial charge in [-0.3, -0.25) is 14.4 Å². The summed E-state index contributed by atoms with van der Waals surface area (Å²) in [7, 11) is 2.55. The minimum absolute atomic E-state index is 0.0513. The SMILES string of the molecule is C=C(C)[C@@H]1CC[C@]2(C(=O)N[C@@H](CC(=O)OC)C(=O)OC)CC[C@]3(C)C(CCC4[C@@]5(C)CCC(=O)C(C)(C)C5CC[C@]43C)C12. The van der Waals surface area contributed by atoms with Crippen LogP contribution in [0.5, 0.6) is 0 Å². The Hall–Kier alpha value is -2.18. The number of esters is 2. The Morgan fingerprint density at radius 2 is 1.58 bits per heavy atom. The Balaban J connectivity index is 1.50. The van der Waals surface area contributed by atoms with Crippen LogP contribution >= 0.6 is 0 Å². The standard InChI is InChI=1S/C36H55NO6/c1-21(2)22-12-17-36(31(41)37-24(30(40)43-9)20-28(39)42-8)19-18-34(6)23(29(22)36)10-11-26-33(5)15-14-27(38)32(3,4)25(33)13-16-35(26,34)7/h22-26,29H,1,10-20H2,2-9H3,(H,37,41)/t22-,23?,24-,25?,26?,29?,33-,34+,35+,36-/m0/s1. The zero-order chi connectivity index (χ0) is 31.8. The van der Waals surface area contributed by atoms with Crippen molar-refractivity contribution in [2.45, 2.75) is 118 Å². The summed E-state index contributed by atoms with van der Waals surface area (Å²) in [5, 5.41) is 2.98. The zero-order valence-electron chi connectivity index (χ0n) is 27.9. The first kappa shape index (κ1) is 32.2. The molecule has 5 saturated carbocycles. The van der Waals surface area contributed by atoms with E-state index < -0.39 is 23.4 Å². The van der Waals surface area contributed by atoms with E-state index in [4.69, 9.17) is 9.47 Å². The van der Waals surface area contributed by atoms with Gasteiger partial charge in [-0.1, -0.05) is 46.8 Å². The molecule has 5 aliphatic carbocycles. The third kappa shape index (κ3) is 4.47. The van der Waals surface area contributed by atoms with Crippen molar-refractivity contribution >= 4 is 23.6 Å². The van der Waals surface area contributed by atoms with Crippen molar-refractivity contribution in [1.82, 2.24) is 5.32 Å². The molecule has 240 valence electrons. The second-order valence-corrected chi connectivity index (χ2v) is 16.3. The predicted molar refractivity (Wildman–Crippen MR) is 165 cm³/mol. The van der Waals surface area contributed by atoms with Crippen molar-refractivity contribution < 1.29 is 28.7 Å². The highest BCUT2D eigenvalue weighted by atomic mass is 16.5. The summed E-state index contributed by atoms with van der Waals surface area (Å²) < 4.78 is 9.78. The van der Waals surface area contributed by atoms with Crippen LogP contribution in [0.25, 0.3) is 0 Å². The van der Waals surface area contributed by atoms with Gasteiger partial charge in [0.1, 0.15) is 11.8 Å². The van der Waals surface area contributed by atoms with E-state index in [0.717, 1.165) is 63.4 Å². The van der Waals surface area contributed by atoms with Crippen LogP contribution in [-0.4, -0.2) is 43.9 Å². The number of allylic oxidation sites excluding steroid dienone is 1. The largest absolute Gasteiger partial charge is 0.469 e. The molecular weight excluding hydrogens is 542 g/mol. The molecule has 0 spiro atoms. The Morgan fingerprint density at radius 1 is 0.884 bits per heavy atom. The number of nitrogens with one attached hydrogen (secondary N) is 1. The number of fused-ring (bicyclic) bond motifs is 7. The lowest BCUT2D eigenvalue weighted by molar-refractivity contribution is -0.233. The van der Waals surface area contributed by atoms with E-state index in [1.165, 1.54) is 14.2 Å². The van der Waals surface area contributed by atoms with Crippen molar-refractivity contribution in [3.05, 3.63) is 12.2 Å². The van der Waals surface area contributed by atoms with Crippen LogP contribution in [0.1, 0.15) is 112 Å². The number of Topliss-reactive ketones (excluding diaryl/α,β-unsaturated/α-hetero) is 1. The zero-order valence-corrected chi connectivity index (χ0v) is 27.9. The van der Waals surface area contributed by atoms with Gasteiger partial charge in [0.15, 0.2) is 0 Å². The Morgan fingerprint density at radius 3 is 2.21 bits per heavy atom. The number of carbonyl (C=O) groups is 4. The normalized spacial score (nSPS) is 43.6. The van der Waals surface area contributed by atoms with E-state index in [1.54, 1.807) is 0 Å². The molecule has 5 aliphatic rings. The topological polar surface area (TPSA) is 98.8 Å². The van der Waals surface area contributed by atoms with E-state index in [1.807, 2.05) is 0 Å². The van der Waals surface area contributed by atoms with E-state index in [-0.39, 0.29) is 45.8 Å². The number of methoxy groups -OCH3 is 2. The number of rotatable bonds is 6. The first-order valence-corrected chi connectivity index (χ1v) is 16.7. The lowest BCUT2D eigenvalue weighted by atomic mass is 9.32. The van der Waals surface area contributed by atoms with Crippen LogP contribution in [0, 0.1) is 56.7 Å². The van der Waals surface area contributed by atoms with Crippen molar-refractivity contribution in [2.75, 3.05) is 14.2 Å². The molecule has 5 fully saturated rings. The van der Waals surface area contributed by atoms with Crippen molar-refractivity contribution in [1.29, 1.82) is 0 Å². The molecule has 0 saturated heterocycles. The van der Waals surface area contributed by atoms with Gasteiger partial charge in [0.05, 0.1) is 26.1 Å². The number of carbonyl (C=O) groups excluding carboxylic acids is 4. The van der Waals surface area contributed by atoms with E-state index >= 15 is 0 Å². The maximum atomic E-state index is 14.4. The van der Waals surface area contributed by atoms with Gasteiger partial charge in [-0.2, -0.15) is 0 Å². The second kappa shape index (κ2) is 10.7. The van der Waals surface area contributed by atoms with Crippen LogP contribution in [0.15, 0.2) is 12.2 Å². The van der Waals surface area contributed by atoms with Gasteiger partial charge < -0.3 is 14.8 Å². The van der Waals surface area contributed by atoms with Gasteiger partial charge in [0.25, 0.3) is 0 Å². The van der Waals surface area contributed by atoms with Gasteiger partial charge in [0, 0.05) is 11.8 Å². The number of ether oxygens (including phenoxy) is 2. The van der Waals surface area contributed by atoms with Gasteiger partial charge in [0.2, 0.25) is 5.91 Å². The molecule has 0 bridgehead atoms. The van der Waals surface area contributed by atoms with Crippen molar-refractivity contribution in [2.24, 2.45) is 56.7 Å². The fraction of sp³-hybridized carbons (Fsp3) is 0.833. The third-order valence-corrected chi connectivity index (χ3v) is 14.7. The fourth-order valence-corrected chi connectivity index (χ4v) is 12.2. The number of ketones is 1. The van der Waals surface area contributed by atoms with Crippen LogP contribution < -0.4 is 5.32 Å². The summed E-state index contributed by atoms with van der Waals surface area (Å²) >= 11 is 0. The molecule has 4 unspecified atom stereocenters. The fourth-order valence-electron chi connectivity index (χ4n) is 12.2. The molecule has 0 heterocycles. The number of hydrogen-bond acceptors (Lipinski definition) is 6. The molecule has 0 radical (unpaired) electrons. The van der Waals surface area contributed by atoms with E-state index in [0.29, 0.717) is 30.0 Å². The van der Waals surface area contributed by atoms with Gasteiger partial charge in [-0.25, -0.2) is 4.79 Å². The van der Waals surface area contributed by atoms with Gasteiger partial charge in [-0.05, 0) is 111 Å². The summed E-state index contributed by atoms with van der Waals surface area (Å²) in [6, 6.07) is -1.07. The molecule has 0 aromatic rings. The van der Waals surface area contributed by atoms with Crippen LogP contribution in [-0.2, 0) is 28.7 Å². The van der Waals surface area contributed by atoms with E-state index in [9.17, 15) is 19.2 Å². The maximum Gasteiger partial charge on any atom is 0.328 e. The van der Waals surface area contributed by atoms with Crippen LogP contribution in [0.3, 0.4) is 0 Å². The van der Waals surface area contributed by atoms with E-state index in [2.05, 4.69) is 53.4 Å². The summed E-state index contributed by atoms with van der Waals surface area (Å²) in [5.74, 6) is 0.795. The van der Waals surface area contributed by atoms with Crippen molar-refractivity contribution in [3.8, 4) is 0 Å². The average molecular weight is 598 g/mol. The molecule has 1 amide bonds. The first-order chi connectivity index (χ1) is 20.0. The molecule has 1 N–H and O–H groups in total. The highest BCUT2D eigenvalue weighted by Gasteiger charge is 2.72. The van der Waals surface area contributed by atoms with Crippen LogP contribution in [0.4, 0.5) is 0 Å². The quantitative estimate of drug-likeness (QED) is 0.280. The molecule has 10 atom stereocenters. The number of amides is 1. The summed E-state index contributed by atoms with van der Waals surface area (Å²) in [4.78, 5) is 52.3. The monoisotopic (exact) mass is 597 g/mol. The second-order valence-electron chi connectivity index (χ2n) is 16.3. The summed E-state index contributed by atoms with van der Waals surface area (Å²) in [5.41, 5.74) is 0.550. The van der Waals surface area contributed by atoms with Gasteiger partial charge in [-0.15, -0.1) is 0 Å². The molecule has 0 aromatic heterocycles. The lowest BCUT2D eigenvalue weighted by Gasteiger charge is -2.72. The highest BCUT2D eigenvalue weighted by molar-refractivity contribution is 5.91. The molecular formula is C36H55NO6. The molecule has 7 nitrogen and oxygen atoms in total. The molecule has 7 heteroatoms. The minimum atomic E-state index is -1.07. The number of hydrogen-bond donors (Lipinski definition) is 1.